The number of furan rings is 1. The Morgan fingerprint density at radius 2 is 2.00 bits per heavy atom. The number of benzene rings is 1. The van der Waals surface area contributed by atoms with Crippen molar-refractivity contribution in [2.24, 2.45) is 5.10 Å². The summed E-state index contributed by atoms with van der Waals surface area (Å²) in [6.07, 6.45) is 6.96. The van der Waals surface area contributed by atoms with Gasteiger partial charge in [-0.2, -0.15) is 5.10 Å². The van der Waals surface area contributed by atoms with Gasteiger partial charge in [0, 0.05) is 28.8 Å². The van der Waals surface area contributed by atoms with E-state index in [1.54, 1.807) is 24.4 Å². The van der Waals surface area contributed by atoms with Gasteiger partial charge in [-0.05, 0) is 59.9 Å². The standard InChI is InChI=1S/C22H21Cl2N3O3/c23-18-6-5-15(19(24)13-18)12-16-3-4-17(21(16)27-7-10-29-11-8-27)14-25-26-22(28)20-2-1-9-30-20/h1-2,5-6,9,12-14H,3-4,7-8,10-11H2,(H,26,28)/b16-12+,25-14-. The Kier molecular flexibility index (Phi) is 6.57. The van der Waals surface area contributed by atoms with Crippen LogP contribution in [-0.4, -0.2) is 43.3 Å². The molecule has 1 aromatic carbocycles. The number of hydrazone groups is 1. The molecule has 156 valence electrons. The Hall–Kier alpha value is -2.54. The molecule has 1 aliphatic heterocycles. The zero-order valence-electron chi connectivity index (χ0n) is 16.2. The van der Waals surface area contributed by atoms with E-state index < -0.39 is 0 Å². The Labute approximate surface area is 184 Å². The summed E-state index contributed by atoms with van der Waals surface area (Å²) in [6, 6.07) is 8.75. The molecule has 6 nitrogen and oxygen atoms in total. The molecule has 0 spiro atoms. The third kappa shape index (κ3) is 4.78. The summed E-state index contributed by atoms with van der Waals surface area (Å²) in [5, 5.41) is 5.38. The lowest BCUT2D eigenvalue weighted by molar-refractivity contribution is 0.0548. The highest BCUT2D eigenvalue weighted by molar-refractivity contribution is 6.35. The van der Waals surface area contributed by atoms with E-state index in [4.69, 9.17) is 32.4 Å². The molecule has 0 saturated carbocycles. The summed E-state index contributed by atoms with van der Waals surface area (Å²) in [4.78, 5) is 14.3. The number of nitrogens with zero attached hydrogens (tertiary/aromatic N) is 2. The largest absolute Gasteiger partial charge is 0.459 e. The summed E-state index contributed by atoms with van der Waals surface area (Å²) in [7, 11) is 0. The van der Waals surface area contributed by atoms with Crippen molar-refractivity contribution in [3.8, 4) is 0 Å². The van der Waals surface area contributed by atoms with Crippen molar-refractivity contribution in [3.05, 3.63) is 74.8 Å². The molecule has 2 aliphatic rings. The first-order valence-electron chi connectivity index (χ1n) is 9.70. The van der Waals surface area contributed by atoms with Crippen molar-refractivity contribution in [1.82, 2.24) is 10.3 Å². The minimum Gasteiger partial charge on any atom is -0.459 e. The second-order valence-corrected chi connectivity index (χ2v) is 7.83. The SMILES string of the molecule is O=C(N/N=C\C1=C(N2CCOCC2)C(=C/c2ccc(Cl)cc2Cl)/CC1)c1ccco1. The van der Waals surface area contributed by atoms with Gasteiger partial charge in [-0.15, -0.1) is 0 Å². The minimum absolute atomic E-state index is 0.221. The van der Waals surface area contributed by atoms with Crippen LogP contribution in [0.1, 0.15) is 29.0 Å². The molecule has 1 N–H and O–H groups in total. The van der Waals surface area contributed by atoms with Gasteiger partial charge in [0.15, 0.2) is 5.76 Å². The van der Waals surface area contributed by atoms with E-state index in [1.807, 2.05) is 12.1 Å². The number of morpholine rings is 1. The lowest BCUT2D eigenvalue weighted by Crippen LogP contribution is -2.36. The fourth-order valence-electron chi connectivity index (χ4n) is 3.61. The molecule has 0 unspecified atom stereocenters. The van der Waals surface area contributed by atoms with Crippen molar-refractivity contribution in [1.29, 1.82) is 0 Å². The normalized spacial score (nSPS) is 18.6. The molecule has 1 aromatic heterocycles. The quantitative estimate of drug-likeness (QED) is 0.531. The van der Waals surface area contributed by atoms with Crippen molar-refractivity contribution in [3.63, 3.8) is 0 Å². The molecular formula is C22H21Cl2N3O3. The van der Waals surface area contributed by atoms with Crippen LogP contribution in [0.3, 0.4) is 0 Å². The van der Waals surface area contributed by atoms with Crippen LogP contribution in [0.5, 0.6) is 0 Å². The number of carbonyl (C=O) groups is 1. The second-order valence-electron chi connectivity index (χ2n) is 6.99. The molecule has 1 saturated heterocycles. The lowest BCUT2D eigenvalue weighted by Gasteiger charge is -2.31. The third-order valence-electron chi connectivity index (χ3n) is 5.02. The number of allylic oxidation sites excluding steroid dienone is 2. The van der Waals surface area contributed by atoms with E-state index in [0.717, 1.165) is 42.8 Å². The number of carbonyl (C=O) groups excluding carboxylic acids is 1. The van der Waals surface area contributed by atoms with Crippen LogP contribution in [0.25, 0.3) is 6.08 Å². The van der Waals surface area contributed by atoms with Gasteiger partial charge in [-0.25, -0.2) is 5.43 Å². The molecule has 2 heterocycles. The second kappa shape index (κ2) is 9.51. The predicted molar refractivity (Wildman–Crippen MR) is 118 cm³/mol. The highest BCUT2D eigenvalue weighted by Gasteiger charge is 2.25. The van der Waals surface area contributed by atoms with Gasteiger partial charge in [-0.3, -0.25) is 4.79 Å². The molecule has 0 radical (unpaired) electrons. The summed E-state index contributed by atoms with van der Waals surface area (Å²) in [5.74, 6) is -0.162. The molecule has 0 bridgehead atoms. The molecule has 4 rings (SSSR count). The van der Waals surface area contributed by atoms with E-state index in [9.17, 15) is 4.79 Å². The fraction of sp³-hybridized carbons (Fsp3) is 0.273. The van der Waals surface area contributed by atoms with E-state index in [1.165, 1.54) is 11.8 Å². The van der Waals surface area contributed by atoms with Gasteiger partial charge in [0.2, 0.25) is 0 Å². The molecule has 0 atom stereocenters. The van der Waals surface area contributed by atoms with E-state index >= 15 is 0 Å². The first kappa shape index (κ1) is 20.7. The molecule has 8 heteroatoms. The number of nitrogens with one attached hydrogen (secondary N) is 1. The van der Waals surface area contributed by atoms with Gasteiger partial charge < -0.3 is 14.1 Å². The highest BCUT2D eigenvalue weighted by atomic mass is 35.5. The maximum Gasteiger partial charge on any atom is 0.307 e. The highest BCUT2D eigenvalue weighted by Crippen LogP contribution is 2.36. The Balaban J connectivity index is 1.60. The zero-order valence-corrected chi connectivity index (χ0v) is 17.7. The topological polar surface area (TPSA) is 67.1 Å². The maximum atomic E-state index is 12.0. The lowest BCUT2D eigenvalue weighted by atomic mass is 10.1. The van der Waals surface area contributed by atoms with Crippen LogP contribution in [0.2, 0.25) is 10.0 Å². The molecule has 1 fully saturated rings. The van der Waals surface area contributed by atoms with E-state index in [-0.39, 0.29) is 11.7 Å². The number of hydrogen-bond donors (Lipinski definition) is 1. The van der Waals surface area contributed by atoms with Crippen molar-refractivity contribution in [2.45, 2.75) is 12.8 Å². The smallest absolute Gasteiger partial charge is 0.307 e. The maximum absolute atomic E-state index is 12.0. The third-order valence-corrected chi connectivity index (χ3v) is 5.59. The molecule has 30 heavy (non-hydrogen) atoms. The number of rotatable bonds is 5. The van der Waals surface area contributed by atoms with Gasteiger partial charge in [-0.1, -0.05) is 29.3 Å². The van der Waals surface area contributed by atoms with Crippen LogP contribution in [0.15, 0.2) is 63.0 Å². The van der Waals surface area contributed by atoms with Crippen LogP contribution in [0.4, 0.5) is 0 Å². The Morgan fingerprint density at radius 3 is 2.73 bits per heavy atom. The summed E-state index contributed by atoms with van der Waals surface area (Å²) < 4.78 is 10.6. The summed E-state index contributed by atoms with van der Waals surface area (Å²) >= 11 is 12.4. The van der Waals surface area contributed by atoms with Crippen LogP contribution in [0, 0.1) is 0 Å². The van der Waals surface area contributed by atoms with Crippen LogP contribution < -0.4 is 5.43 Å². The van der Waals surface area contributed by atoms with Gasteiger partial charge in [0.1, 0.15) is 0 Å². The first-order valence-corrected chi connectivity index (χ1v) is 10.5. The van der Waals surface area contributed by atoms with Gasteiger partial charge >= 0.3 is 5.91 Å². The van der Waals surface area contributed by atoms with E-state index in [0.29, 0.717) is 23.3 Å². The molecule has 1 aliphatic carbocycles. The fourth-order valence-corrected chi connectivity index (χ4v) is 4.07. The number of ether oxygens (including phenoxy) is 1. The van der Waals surface area contributed by atoms with E-state index in [2.05, 4.69) is 21.5 Å². The Bertz CT molecular complexity index is 1010. The minimum atomic E-state index is -0.383. The zero-order chi connectivity index (χ0) is 20.9. The molecule has 2 aromatic rings. The van der Waals surface area contributed by atoms with Crippen LogP contribution >= 0.6 is 23.2 Å². The first-order chi connectivity index (χ1) is 14.6. The van der Waals surface area contributed by atoms with Gasteiger partial charge in [0.25, 0.3) is 0 Å². The monoisotopic (exact) mass is 445 g/mol. The Morgan fingerprint density at radius 1 is 1.17 bits per heavy atom. The van der Waals surface area contributed by atoms with Crippen LogP contribution in [-0.2, 0) is 4.74 Å². The predicted octanol–water partition coefficient (Wildman–Crippen LogP) is 4.77. The summed E-state index contributed by atoms with van der Waals surface area (Å²) in [5.41, 5.74) is 6.81. The van der Waals surface area contributed by atoms with Gasteiger partial charge in [0.05, 0.1) is 25.7 Å². The van der Waals surface area contributed by atoms with Crippen molar-refractivity contribution < 1.29 is 13.9 Å². The van der Waals surface area contributed by atoms with Crippen molar-refractivity contribution in [2.75, 3.05) is 26.3 Å². The average Bonchev–Trinajstić information content (AvgIpc) is 3.41. The number of amides is 1. The van der Waals surface area contributed by atoms with Crippen molar-refractivity contribution >= 4 is 41.4 Å². The number of halogens is 2. The summed E-state index contributed by atoms with van der Waals surface area (Å²) in [6.45, 7) is 2.96. The molecule has 1 amide bonds. The molecular weight excluding hydrogens is 425 g/mol. The number of hydrogen-bond acceptors (Lipinski definition) is 5. The average molecular weight is 446 g/mol.